The lowest BCUT2D eigenvalue weighted by atomic mass is 10.1. The maximum absolute atomic E-state index is 13.6. The molecule has 0 fully saturated rings. The molecule has 17 heavy (non-hydrogen) atoms. The molecule has 0 spiro atoms. The smallest absolute Gasteiger partial charge is 0.353 e. The summed E-state index contributed by atoms with van der Waals surface area (Å²) in [6.45, 7) is 0. The van der Waals surface area contributed by atoms with Gasteiger partial charge in [0.2, 0.25) is 0 Å². The number of hydrogen-bond acceptors (Lipinski definition) is 2. The highest BCUT2D eigenvalue weighted by molar-refractivity contribution is 6.31. The first-order valence-electron chi connectivity index (χ1n) is 4.43. The number of nitrogens with zero attached hydrogens (tertiary/aromatic N) is 1. The SMILES string of the molecule is O=C(O)c1cc(-c2ccc(F)c(Cl)c2F)n[nH]1. The lowest BCUT2D eigenvalue weighted by molar-refractivity contribution is 0.0690. The zero-order chi connectivity index (χ0) is 12.6. The average Bonchev–Trinajstić information content (AvgIpc) is 2.75. The van der Waals surface area contributed by atoms with Crippen LogP contribution in [0.2, 0.25) is 5.02 Å². The third kappa shape index (κ3) is 1.99. The highest BCUT2D eigenvalue weighted by Gasteiger charge is 2.16. The Bertz CT molecular complexity index is 598. The molecule has 0 saturated heterocycles. The van der Waals surface area contributed by atoms with Gasteiger partial charge in [-0.15, -0.1) is 0 Å². The molecule has 4 nitrogen and oxygen atoms in total. The number of aromatic carboxylic acids is 1. The van der Waals surface area contributed by atoms with Crippen LogP contribution in [0.4, 0.5) is 8.78 Å². The zero-order valence-corrected chi connectivity index (χ0v) is 8.92. The van der Waals surface area contributed by atoms with Crippen molar-refractivity contribution in [1.82, 2.24) is 10.2 Å². The number of carbonyl (C=O) groups is 1. The van der Waals surface area contributed by atoms with E-state index in [2.05, 4.69) is 10.2 Å². The van der Waals surface area contributed by atoms with E-state index in [1.54, 1.807) is 0 Å². The number of nitrogens with one attached hydrogen (secondary N) is 1. The predicted octanol–water partition coefficient (Wildman–Crippen LogP) is 2.71. The van der Waals surface area contributed by atoms with Crippen molar-refractivity contribution in [3.05, 3.63) is 40.6 Å². The van der Waals surface area contributed by atoms with Gasteiger partial charge in [-0.1, -0.05) is 11.6 Å². The molecule has 0 aliphatic carbocycles. The summed E-state index contributed by atoms with van der Waals surface area (Å²) >= 11 is 5.40. The van der Waals surface area contributed by atoms with Crippen molar-refractivity contribution in [2.45, 2.75) is 0 Å². The van der Waals surface area contributed by atoms with Crippen molar-refractivity contribution in [1.29, 1.82) is 0 Å². The van der Waals surface area contributed by atoms with Gasteiger partial charge >= 0.3 is 5.97 Å². The molecule has 1 aromatic heterocycles. The molecule has 2 N–H and O–H groups in total. The number of carboxylic acid groups (broad SMARTS) is 1. The van der Waals surface area contributed by atoms with Crippen LogP contribution in [-0.2, 0) is 0 Å². The monoisotopic (exact) mass is 258 g/mol. The summed E-state index contributed by atoms with van der Waals surface area (Å²) in [5.41, 5.74) is -0.221. The van der Waals surface area contributed by atoms with E-state index >= 15 is 0 Å². The summed E-state index contributed by atoms with van der Waals surface area (Å²) in [6, 6.07) is 3.25. The summed E-state index contributed by atoms with van der Waals surface area (Å²) in [5, 5.41) is 13.8. The fourth-order valence-electron chi connectivity index (χ4n) is 1.29. The van der Waals surface area contributed by atoms with Gasteiger partial charge in [-0.3, -0.25) is 5.10 Å². The molecule has 0 amide bonds. The molecule has 0 radical (unpaired) electrons. The van der Waals surface area contributed by atoms with Gasteiger partial charge in [-0.05, 0) is 18.2 Å². The van der Waals surface area contributed by atoms with E-state index < -0.39 is 22.6 Å². The van der Waals surface area contributed by atoms with Gasteiger partial charge < -0.3 is 5.11 Å². The van der Waals surface area contributed by atoms with Crippen LogP contribution in [0.5, 0.6) is 0 Å². The van der Waals surface area contributed by atoms with Crippen molar-refractivity contribution in [3.8, 4) is 11.3 Å². The molecule has 2 aromatic rings. The van der Waals surface area contributed by atoms with Crippen molar-refractivity contribution in [2.75, 3.05) is 0 Å². The molecule has 0 unspecified atom stereocenters. The quantitative estimate of drug-likeness (QED) is 0.814. The Kier molecular flexibility index (Phi) is 2.81. The lowest BCUT2D eigenvalue weighted by Gasteiger charge is -2.01. The topological polar surface area (TPSA) is 66.0 Å². The van der Waals surface area contributed by atoms with Gasteiger partial charge in [0.05, 0.1) is 5.69 Å². The van der Waals surface area contributed by atoms with Gasteiger partial charge in [0.1, 0.15) is 16.5 Å². The summed E-state index contributed by atoms with van der Waals surface area (Å²) in [7, 11) is 0. The number of hydrogen-bond donors (Lipinski definition) is 2. The van der Waals surface area contributed by atoms with Crippen LogP contribution < -0.4 is 0 Å². The highest BCUT2D eigenvalue weighted by atomic mass is 35.5. The molecule has 0 saturated carbocycles. The molecule has 7 heteroatoms. The van der Waals surface area contributed by atoms with Crippen LogP contribution in [0.1, 0.15) is 10.5 Å². The minimum Gasteiger partial charge on any atom is -0.477 e. The first-order valence-corrected chi connectivity index (χ1v) is 4.81. The fourth-order valence-corrected chi connectivity index (χ4v) is 1.46. The molecular formula is C10H5ClF2N2O2. The van der Waals surface area contributed by atoms with Crippen molar-refractivity contribution in [2.24, 2.45) is 0 Å². The van der Waals surface area contributed by atoms with Crippen molar-refractivity contribution in [3.63, 3.8) is 0 Å². The summed E-state index contributed by atoms with van der Waals surface area (Å²) in [6.07, 6.45) is 0. The van der Waals surface area contributed by atoms with Crippen LogP contribution in [0.3, 0.4) is 0 Å². The molecule has 88 valence electrons. The number of benzene rings is 1. The molecule has 0 atom stereocenters. The molecule has 0 aliphatic heterocycles. The molecular weight excluding hydrogens is 254 g/mol. The van der Waals surface area contributed by atoms with Crippen molar-refractivity contribution >= 4 is 17.6 Å². The summed E-state index contributed by atoms with van der Waals surface area (Å²) in [5.74, 6) is -3.09. The van der Waals surface area contributed by atoms with E-state index in [0.29, 0.717) is 0 Å². The van der Waals surface area contributed by atoms with Crippen LogP contribution in [0, 0.1) is 11.6 Å². The Labute approximate surface area is 98.8 Å². The number of H-pyrrole nitrogens is 1. The van der Waals surface area contributed by atoms with E-state index in [4.69, 9.17) is 16.7 Å². The predicted molar refractivity (Wildman–Crippen MR) is 55.9 cm³/mol. The molecule has 1 aromatic carbocycles. The minimum atomic E-state index is -1.22. The Morgan fingerprint density at radius 2 is 2.12 bits per heavy atom. The molecule has 2 rings (SSSR count). The van der Waals surface area contributed by atoms with Gasteiger partial charge in [0.15, 0.2) is 5.82 Å². The Hall–Kier alpha value is -1.95. The summed E-state index contributed by atoms with van der Waals surface area (Å²) < 4.78 is 26.5. The third-order valence-corrected chi connectivity index (χ3v) is 2.47. The van der Waals surface area contributed by atoms with E-state index in [-0.39, 0.29) is 17.0 Å². The number of rotatable bonds is 2. The van der Waals surface area contributed by atoms with E-state index in [1.165, 1.54) is 0 Å². The third-order valence-electron chi connectivity index (χ3n) is 2.12. The van der Waals surface area contributed by atoms with Gasteiger partial charge in [-0.2, -0.15) is 5.10 Å². The lowest BCUT2D eigenvalue weighted by Crippen LogP contribution is -1.95. The van der Waals surface area contributed by atoms with Gasteiger partial charge in [0, 0.05) is 5.56 Å². The normalized spacial score (nSPS) is 10.5. The van der Waals surface area contributed by atoms with Crippen LogP contribution in [-0.4, -0.2) is 21.3 Å². The second-order valence-corrected chi connectivity index (χ2v) is 3.57. The maximum atomic E-state index is 13.6. The second kappa shape index (κ2) is 4.14. The van der Waals surface area contributed by atoms with Gasteiger partial charge in [0.25, 0.3) is 0 Å². The standard InChI is InChI=1S/C10H5ClF2N2O2/c11-8-5(12)2-1-4(9(8)13)6-3-7(10(16)17)15-14-6/h1-3H,(H,14,15)(H,16,17). The number of halogens is 3. The van der Waals surface area contributed by atoms with Crippen LogP contribution in [0.25, 0.3) is 11.3 Å². The zero-order valence-electron chi connectivity index (χ0n) is 8.17. The highest BCUT2D eigenvalue weighted by Crippen LogP contribution is 2.28. The van der Waals surface area contributed by atoms with Gasteiger partial charge in [-0.25, -0.2) is 13.6 Å². The number of carboxylic acids is 1. The van der Waals surface area contributed by atoms with E-state index in [0.717, 1.165) is 18.2 Å². The Morgan fingerprint density at radius 3 is 2.71 bits per heavy atom. The number of aromatic amines is 1. The second-order valence-electron chi connectivity index (χ2n) is 3.19. The first-order chi connectivity index (χ1) is 8.00. The average molecular weight is 259 g/mol. The van der Waals surface area contributed by atoms with Crippen molar-refractivity contribution < 1.29 is 18.7 Å². The molecule has 0 aliphatic rings. The fraction of sp³-hybridized carbons (Fsp3) is 0. The largest absolute Gasteiger partial charge is 0.477 e. The van der Waals surface area contributed by atoms with Crippen LogP contribution in [0.15, 0.2) is 18.2 Å². The minimum absolute atomic E-state index is 0.0433. The Morgan fingerprint density at radius 1 is 1.41 bits per heavy atom. The van der Waals surface area contributed by atoms with E-state index in [1.807, 2.05) is 0 Å². The summed E-state index contributed by atoms with van der Waals surface area (Å²) in [4.78, 5) is 10.6. The molecule has 0 bridgehead atoms. The van der Waals surface area contributed by atoms with Crippen LogP contribution >= 0.6 is 11.6 Å². The molecule has 1 heterocycles. The van der Waals surface area contributed by atoms with E-state index in [9.17, 15) is 13.6 Å². The maximum Gasteiger partial charge on any atom is 0.353 e. The number of aromatic nitrogens is 2. The Balaban J connectivity index is 2.53. The first kappa shape index (κ1) is 11.5.